The highest BCUT2D eigenvalue weighted by molar-refractivity contribution is 5.70. The van der Waals surface area contributed by atoms with Crippen molar-refractivity contribution in [2.24, 2.45) is 14.1 Å². The Hall–Kier alpha value is -1.89. The topological polar surface area (TPSA) is 65.1 Å². The van der Waals surface area contributed by atoms with E-state index in [0.717, 1.165) is 23.4 Å². The molecule has 0 amide bonds. The van der Waals surface area contributed by atoms with Gasteiger partial charge in [-0.1, -0.05) is 0 Å². The lowest BCUT2D eigenvalue weighted by Crippen LogP contribution is -2.37. The maximum absolute atomic E-state index is 12.3. The van der Waals surface area contributed by atoms with E-state index in [1.54, 1.807) is 7.05 Å². The monoisotopic (exact) mass is 279 g/mol. The highest BCUT2D eigenvalue weighted by Crippen LogP contribution is 2.10. The molecule has 2 heterocycles. The van der Waals surface area contributed by atoms with Crippen LogP contribution < -0.4 is 11.2 Å². The molecule has 0 saturated heterocycles. The molecule has 7 heteroatoms. The van der Waals surface area contributed by atoms with E-state index in [9.17, 15) is 9.59 Å². The molecule has 0 radical (unpaired) electrons. The molecule has 0 unspecified atom stereocenters. The van der Waals surface area contributed by atoms with Gasteiger partial charge in [0.05, 0.1) is 0 Å². The molecule has 2 aromatic heterocycles. The lowest BCUT2D eigenvalue weighted by atomic mass is 10.4. The van der Waals surface area contributed by atoms with Gasteiger partial charge in [-0.3, -0.25) is 13.9 Å². The first-order chi connectivity index (χ1) is 9.34. The molecule has 0 bridgehead atoms. The largest absolute Gasteiger partial charge is 0.332 e. The van der Waals surface area contributed by atoms with Crippen molar-refractivity contribution in [3.05, 3.63) is 26.7 Å². The zero-order chi connectivity index (χ0) is 15.0. The second-order valence-corrected chi connectivity index (χ2v) is 5.35. The summed E-state index contributed by atoms with van der Waals surface area (Å²) in [6.07, 6.45) is 0.922. The third kappa shape index (κ3) is 2.29. The molecule has 0 aliphatic rings. The molecule has 7 nitrogen and oxygen atoms in total. The summed E-state index contributed by atoms with van der Waals surface area (Å²) in [5, 5.41) is 0. The van der Waals surface area contributed by atoms with Crippen LogP contribution in [0.5, 0.6) is 0 Å². The minimum Gasteiger partial charge on any atom is -0.322 e. The zero-order valence-corrected chi connectivity index (χ0v) is 12.7. The van der Waals surface area contributed by atoms with Gasteiger partial charge in [0.2, 0.25) is 0 Å². The molecule has 2 rings (SSSR count). The SMILES string of the molecule is Cc1nc2c(c(=O)n(C)c(=O)n2C)n1CCCN(C)C. The molecule has 110 valence electrons. The van der Waals surface area contributed by atoms with E-state index in [4.69, 9.17) is 0 Å². The minimum absolute atomic E-state index is 0.284. The van der Waals surface area contributed by atoms with Crippen molar-refractivity contribution in [2.75, 3.05) is 20.6 Å². The van der Waals surface area contributed by atoms with Gasteiger partial charge in [-0.05, 0) is 34.0 Å². The van der Waals surface area contributed by atoms with Crippen LogP contribution in [0.1, 0.15) is 12.2 Å². The number of hydrogen-bond acceptors (Lipinski definition) is 4. The van der Waals surface area contributed by atoms with Crippen LogP contribution in [0.15, 0.2) is 9.59 Å². The Morgan fingerprint density at radius 1 is 1.15 bits per heavy atom. The Kier molecular flexibility index (Phi) is 3.80. The van der Waals surface area contributed by atoms with Crippen LogP contribution in [-0.2, 0) is 20.6 Å². The van der Waals surface area contributed by atoms with Crippen molar-refractivity contribution in [1.82, 2.24) is 23.6 Å². The highest BCUT2D eigenvalue weighted by Gasteiger charge is 2.16. The third-order valence-corrected chi connectivity index (χ3v) is 3.53. The molecule has 0 aliphatic carbocycles. The average molecular weight is 279 g/mol. The molecule has 0 atom stereocenters. The Bertz CT molecular complexity index is 751. The number of hydrogen-bond donors (Lipinski definition) is 0. The normalized spacial score (nSPS) is 11.7. The summed E-state index contributed by atoms with van der Waals surface area (Å²) in [7, 11) is 7.17. The summed E-state index contributed by atoms with van der Waals surface area (Å²) in [6.45, 7) is 3.51. The summed E-state index contributed by atoms with van der Waals surface area (Å²) in [4.78, 5) is 30.7. The van der Waals surface area contributed by atoms with Gasteiger partial charge in [0, 0.05) is 20.6 Å². The molecule has 0 N–H and O–H groups in total. The molecule has 0 fully saturated rings. The summed E-state index contributed by atoms with van der Waals surface area (Å²) in [5.41, 5.74) is 0.334. The maximum Gasteiger partial charge on any atom is 0.332 e. The maximum atomic E-state index is 12.3. The van der Waals surface area contributed by atoms with Crippen molar-refractivity contribution in [3.8, 4) is 0 Å². The quantitative estimate of drug-likeness (QED) is 0.770. The van der Waals surface area contributed by atoms with Gasteiger partial charge in [-0.2, -0.15) is 0 Å². The number of aryl methyl sites for hydroxylation is 3. The lowest BCUT2D eigenvalue weighted by Gasteiger charge is -2.11. The summed E-state index contributed by atoms with van der Waals surface area (Å²) >= 11 is 0. The van der Waals surface area contributed by atoms with Gasteiger partial charge in [0.25, 0.3) is 5.56 Å². The van der Waals surface area contributed by atoms with Crippen molar-refractivity contribution in [3.63, 3.8) is 0 Å². The van der Waals surface area contributed by atoms with Gasteiger partial charge in [0.15, 0.2) is 11.2 Å². The molecular formula is C13H21N5O2. The summed E-state index contributed by atoms with van der Waals surface area (Å²) in [5.74, 6) is 0.761. The molecule has 0 aliphatic heterocycles. The fourth-order valence-corrected chi connectivity index (χ4v) is 2.37. The van der Waals surface area contributed by atoms with E-state index in [2.05, 4.69) is 9.88 Å². The molecule has 0 aromatic carbocycles. The molecular weight excluding hydrogens is 258 g/mol. The third-order valence-electron chi connectivity index (χ3n) is 3.53. The second kappa shape index (κ2) is 5.24. The fourth-order valence-electron chi connectivity index (χ4n) is 2.37. The Labute approximate surface area is 117 Å². The van der Waals surface area contributed by atoms with E-state index in [1.807, 2.05) is 25.6 Å². The van der Waals surface area contributed by atoms with Crippen LogP contribution in [0, 0.1) is 6.92 Å². The predicted octanol–water partition coefficient (Wildman–Crippen LogP) is -0.306. The van der Waals surface area contributed by atoms with Gasteiger partial charge in [-0.25, -0.2) is 9.78 Å². The van der Waals surface area contributed by atoms with Gasteiger partial charge >= 0.3 is 5.69 Å². The highest BCUT2D eigenvalue weighted by atomic mass is 16.2. The van der Waals surface area contributed by atoms with Crippen LogP contribution in [0.4, 0.5) is 0 Å². The Morgan fingerprint density at radius 3 is 2.40 bits per heavy atom. The van der Waals surface area contributed by atoms with Crippen LogP contribution >= 0.6 is 0 Å². The van der Waals surface area contributed by atoms with Crippen molar-refractivity contribution in [2.45, 2.75) is 19.9 Å². The second-order valence-electron chi connectivity index (χ2n) is 5.35. The predicted molar refractivity (Wildman–Crippen MR) is 78.1 cm³/mol. The first-order valence-electron chi connectivity index (χ1n) is 6.62. The van der Waals surface area contributed by atoms with Gasteiger partial charge in [-0.15, -0.1) is 0 Å². The van der Waals surface area contributed by atoms with E-state index in [1.165, 1.54) is 11.6 Å². The Balaban J connectivity index is 2.59. The first kappa shape index (κ1) is 14.5. The standard InChI is InChI=1S/C13H21N5O2/c1-9-14-11-10(18(9)8-6-7-15(2)3)12(19)17(5)13(20)16(11)4/h6-8H2,1-5H3. The Morgan fingerprint density at radius 2 is 1.80 bits per heavy atom. The van der Waals surface area contributed by atoms with Gasteiger partial charge in [0.1, 0.15) is 5.82 Å². The van der Waals surface area contributed by atoms with Crippen molar-refractivity contribution < 1.29 is 0 Å². The van der Waals surface area contributed by atoms with Crippen LogP contribution in [0.2, 0.25) is 0 Å². The van der Waals surface area contributed by atoms with Crippen LogP contribution in [0.3, 0.4) is 0 Å². The van der Waals surface area contributed by atoms with E-state index >= 15 is 0 Å². The molecule has 0 spiro atoms. The molecule has 0 saturated carbocycles. The number of fused-ring (bicyclic) bond motifs is 1. The van der Waals surface area contributed by atoms with Crippen LogP contribution in [-0.4, -0.2) is 44.2 Å². The summed E-state index contributed by atoms with van der Waals surface area (Å²) < 4.78 is 4.46. The van der Waals surface area contributed by atoms with Crippen molar-refractivity contribution in [1.29, 1.82) is 0 Å². The number of rotatable bonds is 4. The number of imidazole rings is 1. The smallest absolute Gasteiger partial charge is 0.322 e. The van der Waals surface area contributed by atoms with E-state index < -0.39 is 0 Å². The van der Waals surface area contributed by atoms with Crippen LogP contribution in [0.25, 0.3) is 11.2 Å². The minimum atomic E-state index is -0.347. The first-order valence-corrected chi connectivity index (χ1v) is 6.62. The molecule has 2 aromatic rings. The fraction of sp³-hybridized carbons (Fsp3) is 0.615. The van der Waals surface area contributed by atoms with Gasteiger partial charge < -0.3 is 9.47 Å². The zero-order valence-electron chi connectivity index (χ0n) is 12.7. The van der Waals surface area contributed by atoms with Crippen molar-refractivity contribution >= 4 is 11.2 Å². The number of nitrogens with zero attached hydrogens (tertiary/aromatic N) is 5. The lowest BCUT2D eigenvalue weighted by molar-refractivity contribution is 0.386. The number of aromatic nitrogens is 4. The summed E-state index contributed by atoms with van der Waals surface area (Å²) in [6, 6.07) is 0. The van der Waals surface area contributed by atoms with E-state index in [-0.39, 0.29) is 11.2 Å². The average Bonchev–Trinajstić information content (AvgIpc) is 2.71. The molecule has 20 heavy (non-hydrogen) atoms. The van der Waals surface area contributed by atoms with E-state index in [0.29, 0.717) is 17.7 Å².